The molecule has 2 aliphatic rings. The molecule has 0 unspecified atom stereocenters. The lowest BCUT2D eigenvalue weighted by Gasteiger charge is -2.41. The van der Waals surface area contributed by atoms with Gasteiger partial charge in [0.1, 0.15) is 18.0 Å². The standard InChI is InChI=1S/C18H28FN3O3.3ClH/c1-20(2)11-15-17(18(24)16(12-23)25-15)22-9-7-21(8-10-22)14-5-3-13(19)4-6-14;;;/h3-6,15-18,23-24H,7-12H2,1-2H3;3*1H/t15-,16+,17+,18-;;;/m1.../s1. The highest BCUT2D eigenvalue weighted by Gasteiger charge is 2.46. The van der Waals surface area contributed by atoms with E-state index in [0.717, 1.165) is 31.9 Å². The van der Waals surface area contributed by atoms with Gasteiger partial charge in [-0.05, 0) is 38.4 Å². The molecule has 28 heavy (non-hydrogen) atoms. The zero-order valence-electron chi connectivity index (χ0n) is 16.1. The number of halogens is 4. The van der Waals surface area contributed by atoms with Gasteiger partial charge in [0, 0.05) is 38.4 Å². The van der Waals surface area contributed by atoms with Crippen LogP contribution in [-0.2, 0) is 4.74 Å². The summed E-state index contributed by atoms with van der Waals surface area (Å²) in [6.45, 7) is 3.75. The van der Waals surface area contributed by atoms with E-state index in [1.807, 2.05) is 19.0 Å². The van der Waals surface area contributed by atoms with Gasteiger partial charge in [0.2, 0.25) is 0 Å². The second-order valence-corrected chi connectivity index (χ2v) is 7.14. The van der Waals surface area contributed by atoms with Crippen LogP contribution in [0.15, 0.2) is 24.3 Å². The van der Waals surface area contributed by atoms with E-state index in [1.54, 1.807) is 12.1 Å². The molecule has 1 aromatic carbocycles. The molecule has 2 saturated heterocycles. The summed E-state index contributed by atoms with van der Waals surface area (Å²) in [6, 6.07) is 6.45. The van der Waals surface area contributed by atoms with E-state index in [2.05, 4.69) is 9.80 Å². The van der Waals surface area contributed by atoms with Crippen molar-refractivity contribution in [2.45, 2.75) is 24.4 Å². The number of hydrogen-bond donors (Lipinski definition) is 2. The van der Waals surface area contributed by atoms with Crippen LogP contribution in [0.5, 0.6) is 0 Å². The van der Waals surface area contributed by atoms with E-state index < -0.39 is 12.2 Å². The molecule has 2 N–H and O–H groups in total. The van der Waals surface area contributed by atoms with Gasteiger partial charge in [-0.15, -0.1) is 37.2 Å². The Kier molecular flexibility index (Phi) is 12.2. The van der Waals surface area contributed by atoms with Crippen molar-refractivity contribution in [2.75, 3.05) is 58.3 Å². The molecule has 2 heterocycles. The van der Waals surface area contributed by atoms with E-state index in [-0.39, 0.29) is 61.8 Å². The van der Waals surface area contributed by atoms with E-state index in [0.29, 0.717) is 6.54 Å². The predicted octanol–water partition coefficient (Wildman–Crippen LogP) is 1.26. The SMILES string of the molecule is CN(C)C[C@H]1O[C@@H](CO)[C@@H](O)[C@H]1N1CCN(c2ccc(F)cc2)CC1.Cl.Cl.Cl. The Hall–Kier alpha value is -0.380. The minimum Gasteiger partial charge on any atom is -0.394 e. The Morgan fingerprint density at radius 3 is 2.11 bits per heavy atom. The number of likely N-dealkylation sites (N-methyl/N-ethyl adjacent to an activating group) is 1. The minimum absolute atomic E-state index is 0. The van der Waals surface area contributed by atoms with Crippen molar-refractivity contribution < 1.29 is 19.3 Å². The molecule has 164 valence electrons. The number of aliphatic hydroxyl groups is 2. The molecule has 0 aliphatic carbocycles. The first kappa shape index (κ1) is 27.6. The third-order valence-corrected chi connectivity index (χ3v) is 5.11. The first-order chi connectivity index (χ1) is 12.0. The van der Waals surface area contributed by atoms with Crippen molar-refractivity contribution in [1.82, 2.24) is 9.80 Å². The minimum atomic E-state index is -0.688. The van der Waals surface area contributed by atoms with E-state index in [9.17, 15) is 14.6 Å². The van der Waals surface area contributed by atoms with E-state index in [1.165, 1.54) is 12.1 Å². The Balaban J connectivity index is 0.00000243. The summed E-state index contributed by atoms with van der Waals surface area (Å²) in [6.07, 6.45) is -1.34. The fourth-order valence-electron chi connectivity index (χ4n) is 3.87. The van der Waals surface area contributed by atoms with Crippen LogP contribution < -0.4 is 4.90 Å². The van der Waals surface area contributed by atoms with Gasteiger partial charge in [0.25, 0.3) is 0 Å². The van der Waals surface area contributed by atoms with Crippen LogP contribution in [-0.4, -0.2) is 97.8 Å². The molecule has 10 heteroatoms. The first-order valence-electron chi connectivity index (χ1n) is 8.83. The fraction of sp³-hybridized carbons (Fsp3) is 0.667. The molecule has 3 rings (SSSR count). The number of anilines is 1. The Morgan fingerprint density at radius 2 is 1.61 bits per heavy atom. The molecule has 6 nitrogen and oxygen atoms in total. The highest BCUT2D eigenvalue weighted by Crippen LogP contribution is 2.28. The summed E-state index contributed by atoms with van der Waals surface area (Å²) in [5, 5.41) is 20.1. The number of rotatable bonds is 5. The third kappa shape index (κ3) is 6.31. The molecule has 2 aliphatic heterocycles. The van der Waals surface area contributed by atoms with Gasteiger partial charge >= 0.3 is 0 Å². The lowest BCUT2D eigenvalue weighted by Crippen LogP contribution is -2.57. The zero-order valence-corrected chi connectivity index (χ0v) is 18.6. The second kappa shape index (κ2) is 12.3. The van der Waals surface area contributed by atoms with Crippen molar-refractivity contribution in [3.8, 4) is 0 Å². The van der Waals surface area contributed by atoms with Gasteiger partial charge in [-0.1, -0.05) is 0 Å². The second-order valence-electron chi connectivity index (χ2n) is 7.14. The summed E-state index contributed by atoms with van der Waals surface area (Å²) in [5.74, 6) is -0.227. The van der Waals surface area contributed by atoms with Crippen molar-refractivity contribution in [2.24, 2.45) is 0 Å². The monoisotopic (exact) mass is 461 g/mol. The van der Waals surface area contributed by atoms with Gasteiger partial charge in [-0.3, -0.25) is 4.90 Å². The highest BCUT2D eigenvalue weighted by molar-refractivity contribution is 5.86. The summed E-state index contributed by atoms with van der Waals surface area (Å²) < 4.78 is 19.0. The number of piperazine rings is 1. The van der Waals surface area contributed by atoms with Crippen LogP contribution in [0.3, 0.4) is 0 Å². The van der Waals surface area contributed by atoms with Crippen LogP contribution in [0.1, 0.15) is 0 Å². The Morgan fingerprint density at radius 1 is 1.04 bits per heavy atom. The van der Waals surface area contributed by atoms with Crippen LogP contribution in [0.4, 0.5) is 10.1 Å². The maximum absolute atomic E-state index is 13.1. The highest BCUT2D eigenvalue weighted by atomic mass is 35.5. The van der Waals surface area contributed by atoms with Crippen molar-refractivity contribution >= 4 is 42.9 Å². The lowest BCUT2D eigenvalue weighted by molar-refractivity contribution is -0.0274. The first-order valence-corrected chi connectivity index (χ1v) is 8.83. The predicted molar refractivity (Wildman–Crippen MR) is 116 cm³/mol. The average Bonchev–Trinajstić information content (AvgIpc) is 2.90. The van der Waals surface area contributed by atoms with Gasteiger partial charge in [0.15, 0.2) is 0 Å². The molecule has 0 spiro atoms. The molecule has 0 bridgehead atoms. The summed E-state index contributed by atoms with van der Waals surface area (Å²) >= 11 is 0. The third-order valence-electron chi connectivity index (χ3n) is 5.11. The quantitative estimate of drug-likeness (QED) is 0.687. The molecule has 2 fully saturated rings. The topological polar surface area (TPSA) is 59.4 Å². The molecule has 0 radical (unpaired) electrons. The molecule has 0 saturated carbocycles. The Labute approximate surface area is 184 Å². The lowest BCUT2D eigenvalue weighted by atomic mass is 10.0. The normalized spacial score (nSPS) is 27.7. The summed E-state index contributed by atoms with van der Waals surface area (Å²) in [7, 11) is 3.96. The molecular formula is C18H31Cl3FN3O3. The Bertz CT molecular complexity index is 563. The van der Waals surface area contributed by atoms with E-state index in [4.69, 9.17) is 4.74 Å². The fourth-order valence-corrected chi connectivity index (χ4v) is 3.87. The van der Waals surface area contributed by atoms with E-state index >= 15 is 0 Å². The molecular weight excluding hydrogens is 432 g/mol. The van der Waals surface area contributed by atoms with Crippen LogP contribution in [0, 0.1) is 5.82 Å². The number of aliphatic hydroxyl groups excluding tert-OH is 2. The van der Waals surface area contributed by atoms with Crippen molar-refractivity contribution in [3.05, 3.63) is 30.1 Å². The van der Waals surface area contributed by atoms with Crippen LogP contribution in [0.2, 0.25) is 0 Å². The smallest absolute Gasteiger partial charge is 0.123 e. The maximum Gasteiger partial charge on any atom is 0.123 e. The van der Waals surface area contributed by atoms with Gasteiger partial charge in [-0.25, -0.2) is 4.39 Å². The molecule has 1 aromatic rings. The van der Waals surface area contributed by atoms with Gasteiger partial charge in [-0.2, -0.15) is 0 Å². The number of hydrogen-bond acceptors (Lipinski definition) is 6. The molecule has 0 amide bonds. The van der Waals surface area contributed by atoms with Crippen LogP contribution in [0.25, 0.3) is 0 Å². The van der Waals surface area contributed by atoms with Crippen molar-refractivity contribution in [3.63, 3.8) is 0 Å². The molecule has 0 aromatic heterocycles. The number of ether oxygens (including phenoxy) is 1. The largest absolute Gasteiger partial charge is 0.394 e. The van der Waals surface area contributed by atoms with Gasteiger partial charge in [0.05, 0.1) is 18.8 Å². The zero-order chi connectivity index (χ0) is 18.0. The summed E-state index contributed by atoms with van der Waals surface area (Å²) in [5.41, 5.74) is 1.02. The van der Waals surface area contributed by atoms with Gasteiger partial charge < -0.3 is 24.7 Å². The number of benzene rings is 1. The maximum atomic E-state index is 13.1. The van der Waals surface area contributed by atoms with Crippen molar-refractivity contribution in [1.29, 1.82) is 0 Å². The number of nitrogens with zero attached hydrogens (tertiary/aromatic N) is 3. The summed E-state index contributed by atoms with van der Waals surface area (Å²) in [4.78, 5) is 6.52. The average molecular weight is 463 g/mol. The molecule has 4 atom stereocenters. The van der Waals surface area contributed by atoms with Crippen LogP contribution >= 0.6 is 37.2 Å².